The molecule has 22 heavy (non-hydrogen) atoms. The van der Waals surface area contributed by atoms with Crippen molar-refractivity contribution in [3.63, 3.8) is 0 Å². The van der Waals surface area contributed by atoms with Crippen LogP contribution in [-0.4, -0.2) is 41.8 Å². The molecule has 0 atom stereocenters. The summed E-state index contributed by atoms with van der Waals surface area (Å²) in [5.41, 5.74) is 1.63. The predicted molar refractivity (Wildman–Crippen MR) is 88.9 cm³/mol. The molecule has 1 amide bonds. The summed E-state index contributed by atoms with van der Waals surface area (Å²) in [7, 11) is 1.61. The van der Waals surface area contributed by atoms with Crippen LogP contribution in [0.4, 0.5) is 4.79 Å². The molecule has 0 fully saturated rings. The second-order valence-electron chi connectivity index (χ2n) is 6.10. The lowest BCUT2D eigenvalue weighted by molar-refractivity contribution is 0.0270. The van der Waals surface area contributed by atoms with Crippen LogP contribution in [0, 0.1) is 0 Å². The molecule has 1 aliphatic rings. The van der Waals surface area contributed by atoms with E-state index in [1.54, 1.807) is 12.0 Å². The standard InChI is InChI=1S/C16H21BrN2O3/c1-16(2,3)22-15(20)19-9-7-11(8-10-19)12-5-6-13(17)18-14(12)21-4/h5-7H,8-10H2,1-4H3. The molecule has 5 nitrogen and oxygen atoms in total. The summed E-state index contributed by atoms with van der Waals surface area (Å²) < 4.78 is 11.5. The summed E-state index contributed by atoms with van der Waals surface area (Å²) in [6.07, 6.45) is 2.50. The van der Waals surface area contributed by atoms with Crippen molar-refractivity contribution < 1.29 is 14.3 Å². The number of rotatable bonds is 2. The quantitative estimate of drug-likeness (QED) is 0.743. The van der Waals surface area contributed by atoms with E-state index in [-0.39, 0.29) is 6.09 Å². The van der Waals surface area contributed by atoms with E-state index >= 15 is 0 Å². The molecule has 1 aliphatic heterocycles. The van der Waals surface area contributed by atoms with E-state index in [1.165, 1.54) is 0 Å². The van der Waals surface area contributed by atoms with Crippen molar-refractivity contribution in [1.29, 1.82) is 0 Å². The summed E-state index contributed by atoms with van der Waals surface area (Å²) in [5.74, 6) is 0.589. The van der Waals surface area contributed by atoms with Gasteiger partial charge in [0.1, 0.15) is 10.2 Å². The van der Waals surface area contributed by atoms with Gasteiger partial charge in [0.05, 0.1) is 7.11 Å². The largest absolute Gasteiger partial charge is 0.481 e. The first-order chi connectivity index (χ1) is 10.3. The van der Waals surface area contributed by atoms with Crippen molar-refractivity contribution in [3.8, 4) is 5.88 Å². The number of carbonyl (C=O) groups is 1. The Balaban J connectivity index is 2.10. The van der Waals surface area contributed by atoms with Crippen LogP contribution in [0.2, 0.25) is 0 Å². The first kappa shape index (κ1) is 16.8. The van der Waals surface area contributed by atoms with Gasteiger partial charge in [-0.1, -0.05) is 6.08 Å². The van der Waals surface area contributed by atoms with Crippen molar-refractivity contribution >= 4 is 27.6 Å². The predicted octanol–water partition coefficient (Wildman–Crippen LogP) is 3.88. The van der Waals surface area contributed by atoms with E-state index in [9.17, 15) is 4.79 Å². The highest BCUT2D eigenvalue weighted by molar-refractivity contribution is 9.10. The van der Waals surface area contributed by atoms with E-state index in [1.807, 2.05) is 39.0 Å². The van der Waals surface area contributed by atoms with Crippen LogP contribution in [0.25, 0.3) is 5.57 Å². The average molecular weight is 369 g/mol. The van der Waals surface area contributed by atoms with Gasteiger partial charge >= 0.3 is 6.09 Å². The number of nitrogens with zero attached hydrogens (tertiary/aromatic N) is 2. The summed E-state index contributed by atoms with van der Waals surface area (Å²) in [6, 6.07) is 3.86. The maximum atomic E-state index is 12.1. The fourth-order valence-corrected chi connectivity index (χ4v) is 2.52. The first-order valence-electron chi connectivity index (χ1n) is 7.18. The second kappa shape index (κ2) is 6.69. The molecule has 0 unspecified atom stereocenters. The molecule has 0 N–H and O–H groups in total. The minimum atomic E-state index is -0.472. The van der Waals surface area contributed by atoms with Crippen LogP contribution in [0.1, 0.15) is 32.8 Å². The third-order valence-corrected chi connectivity index (χ3v) is 3.67. The van der Waals surface area contributed by atoms with Crippen LogP contribution in [0.5, 0.6) is 5.88 Å². The van der Waals surface area contributed by atoms with Gasteiger partial charge in [-0.3, -0.25) is 0 Å². The molecule has 1 aromatic rings. The van der Waals surface area contributed by atoms with E-state index < -0.39 is 5.60 Å². The Kier molecular flexibility index (Phi) is 5.11. The smallest absolute Gasteiger partial charge is 0.410 e. The summed E-state index contributed by atoms with van der Waals surface area (Å²) in [4.78, 5) is 18.1. The third kappa shape index (κ3) is 4.22. The number of amides is 1. The summed E-state index contributed by atoms with van der Waals surface area (Å²) in [5, 5.41) is 0. The third-order valence-electron chi connectivity index (χ3n) is 3.23. The molecule has 0 saturated heterocycles. The van der Waals surface area contributed by atoms with Crippen LogP contribution in [0.3, 0.4) is 0 Å². The Labute approximate surface area is 139 Å². The van der Waals surface area contributed by atoms with E-state index in [0.717, 1.165) is 22.2 Å². The molecule has 0 radical (unpaired) electrons. The number of carbonyl (C=O) groups excluding carboxylic acids is 1. The average Bonchev–Trinajstić information content (AvgIpc) is 2.45. The van der Waals surface area contributed by atoms with Gasteiger partial charge in [0.2, 0.25) is 5.88 Å². The van der Waals surface area contributed by atoms with Crippen molar-refractivity contribution in [2.75, 3.05) is 20.2 Å². The summed E-state index contributed by atoms with van der Waals surface area (Å²) >= 11 is 3.34. The first-order valence-corrected chi connectivity index (χ1v) is 7.97. The zero-order valence-corrected chi connectivity index (χ0v) is 14.9. The van der Waals surface area contributed by atoms with Gasteiger partial charge in [0.15, 0.2) is 0 Å². The molecule has 0 aromatic carbocycles. The Morgan fingerprint density at radius 3 is 2.64 bits per heavy atom. The number of halogens is 1. The summed E-state index contributed by atoms with van der Waals surface area (Å²) in [6.45, 7) is 6.76. The maximum Gasteiger partial charge on any atom is 0.410 e. The topological polar surface area (TPSA) is 51.7 Å². The van der Waals surface area contributed by atoms with Gasteiger partial charge in [-0.25, -0.2) is 9.78 Å². The Morgan fingerprint density at radius 2 is 2.09 bits per heavy atom. The lowest BCUT2D eigenvalue weighted by atomic mass is 10.0. The molecule has 1 aromatic heterocycles. The Hall–Kier alpha value is -1.56. The highest BCUT2D eigenvalue weighted by Crippen LogP contribution is 2.30. The normalized spacial score (nSPS) is 15.3. The Bertz CT molecular complexity index is 594. The number of ether oxygens (including phenoxy) is 2. The Morgan fingerprint density at radius 1 is 1.36 bits per heavy atom. The molecule has 2 heterocycles. The molecule has 0 spiro atoms. The molecule has 0 aliphatic carbocycles. The highest BCUT2D eigenvalue weighted by Gasteiger charge is 2.24. The van der Waals surface area contributed by atoms with Gasteiger partial charge in [-0.15, -0.1) is 0 Å². The number of methoxy groups -OCH3 is 1. The van der Waals surface area contributed by atoms with Gasteiger partial charge < -0.3 is 14.4 Å². The SMILES string of the molecule is COc1nc(Br)ccc1C1=CCN(C(=O)OC(C)(C)C)CC1. The number of hydrogen-bond donors (Lipinski definition) is 0. The van der Waals surface area contributed by atoms with Gasteiger partial charge in [-0.05, 0) is 60.8 Å². The molecular weight excluding hydrogens is 348 g/mol. The number of pyridine rings is 1. The van der Waals surface area contributed by atoms with E-state index in [0.29, 0.717) is 19.0 Å². The molecule has 0 saturated carbocycles. The molecular formula is C16H21BrN2O3. The minimum Gasteiger partial charge on any atom is -0.481 e. The fourth-order valence-electron chi connectivity index (χ4n) is 2.22. The minimum absolute atomic E-state index is 0.274. The lowest BCUT2D eigenvalue weighted by Gasteiger charge is -2.29. The van der Waals surface area contributed by atoms with Gasteiger partial charge in [0.25, 0.3) is 0 Å². The highest BCUT2D eigenvalue weighted by atomic mass is 79.9. The fraction of sp³-hybridized carbons (Fsp3) is 0.500. The zero-order chi connectivity index (χ0) is 16.3. The van der Waals surface area contributed by atoms with Crippen molar-refractivity contribution in [2.24, 2.45) is 0 Å². The molecule has 120 valence electrons. The lowest BCUT2D eigenvalue weighted by Crippen LogP contribution is -2.39. The van der Waals surface area contributed by atoms with Crippen LogP contribution >= 0.6 is 15.9 Å². The maximum absolute atomic E-state index is 12.1. The molecule has 2 rings (SSSR count). The van der Waals surface area contributed by atoms with E-state index in [2.05, 4.69) is 20.9 Å². The van der Waals surface area contributed by atoms with Crippen LogP contribution in [-0.2, 0) is 4.74 Å². The van der Waals surface area contributed by atoms with E-state index in [4.69, 9.17) is 9.47 Å². The second-order valence-corrected chi connectivity index (χ2v) is 6.91. The molecule has 6 heteroatoms. The van der Waals surface area contributed by atoms with Crippen molar-refractivity contribution in [2.45, 2.75) is 32.8 Å². The van der Waals surface area contributed by atoms with Gasteiger partial charge in [-0.2, -0.15) is 0 Å². The van der Waals surface area contributed by atoms with Crippen molar-refractivity contribution in [1.82, 2.24) is 9.88 Å². The number of hydrogen-bond acceptors (Lipinski definition) is 4. The number of aromatic nitrogens is 1. The zero-order valence-electron chi connectivity index (χ0n) is 13.4. The monoisotopic (exact) mass is 368 g/mol. The van der Waals surface area contributed by atoms with Crippen molar-refractivity contribution in [3.05, 3.63) is 28.4 Å². The van der Waals surface area contributed by atoms with Crippen LogP contribution < -0.4 is 4.74 Å². The van der Waals surface area contributed by atoms with Crippen LogP contribution in [0.15, 0.2) is 22.8 Å². The van der Waals surface area contributed by atoms with Gasteiger partial charge in [0, 0.05) is 18.7 Å². The molecule has 0 bridgehead atoms.